The van der Waals surface area contributed by atoms with E-state index in [0.717, 1.165) is 45.7 Å². The van der Waals surface area contributed by atoms with Crippen molar-refractivity contribution in [1.82, 2.24) is 15.2 Å². The second-order valence-electron chi connectivity index (χ2n) is 5.85. The summed E-state index contributed by atoms with van der Waals surface area (Å²) in [6, 6.07) is 6.98. The summed E-state index contributed by atoms with van der Waals surface area (Å²) in [5.41, 5.74) is 5.76. The van der Waals surface area contributed by atoms with E-state index in [0.29, 0.717) is 0 Å². The van der Waals surface area contributed by atoms with Gasteiger partial charge >= 0.3 is 0 Å². The lowest BCUT2D eigenvalue weighted by molar-refractivity contribution is 0.589. The average Bonchev–Trinajstić information content (AvgIpc) is 2.81. The van der Waals surface area contributed by atoms with E-state index in [1.54, 1.807) is 0 Å². The molecule has 2 aliphatic rings. The summed E-state index contributed by atoms with van der Waals surface area (Å²) in [4.78, 5) is 2.49. The summed E-state index contributed by atoms with van der Waals surface area (Å²) in [6.45, 7) is 6.51. The van der Waals surface area contributed by atoms with Gasteiger partial charge < -0.3 is 20.1 Å². The molecule has 4 heteroatoms. The molecule has 0 saturated carbocycles. The summed E-state index contributed by atoms with van der Waals surface area (Å²) in [5.74, 6) is 0. The van der Waals surface area contributed by atoms with E-state index < -0.39 is 0 Å². The molecule has 2 N–H and O–H groups in total. The zero-order chi connectivity index (χ0) is 13.5. The van der Waals surface area contributed by atoms with Crippen LogP contribution in [0.25, 0.3) is 10.9 Å². The maximum absolute atomic E-state index is 3.51. The first kappa shape index (κ1) is 12.2. The Hall–Kier alpha value is -1.52. The number of benzene rings is 1. The van der Waals surface area contributed by atoms with Gasteiger partial charge in [0.05, 0.1) is 0 Å². The van der Waals surface area contributed by atoms with Crippen LogP contribution in [0, 0.1) is 0 Å². The molecule has 0 atom stereocenters. The Bertz CT molecular complexity index is 637. The highest BCUT2D eigenvalue weighted by molar-refractivity contribution is 5.89. The van der Waals surface area contributed by atoms with Gasteiger partial charge in [0.2, 0.25) is 0 Å². The van der Waals surface area contributed by atoms with Crippen LogP contribution in [0.4, 0.5) is 5.69 Å². The second-order valence-corrected chi connectivity index (χ2v) is 5.85. The monoisotopic (exact) mass is 270 g/mol. The Morgan fingerprint density at radius 3 is 2.75 bits per heavy atom. The van der Waals surface area contributed by atoms with Crippen molar-refractivity contribution in [3.63, 3.8) is 0 Å². The molecule has 1 aromatic carbocycles. The molecule has 0 spiro atoms. The highest BCUT2D eigenvalue weighted by Crippen LogP contribution is 2.31. The van der Waals surface area contributed by atoms with Crippen LogP contribution < -0.4 is 15.5 Å². The van der Waals surface area contributed by atoms with E-state index in [2.05, 4.69) is 45.3 Å². The molecule has 106 valence electrons. The number of aromatic nitrogens is 1. The predicted molar refractivity (Wildman–Crippen MR) is 83.4 cm³/mol. The van der Waals surface area contributed by atoms with Crippen LogP contribution >= 0.6 is 0 Å². The summed E-state index contributed by atoms with van der Waals surface area (Å²) < 4.78 is 2.38. The summed E-state index contributed by atoms with van der Waals surface area (Å²) in [6.07, 6.45) is 1.14. The maximum Gasteiger partial charge on any atom is 0.0484 e. The van der Waals surface area contributed by atoms with Crippen molar-refractivity contribution in [3.05, 3.63) is 29.5 Å². The number of aryl methyl sites for hydroxylation is 1. The lowest BCUT2D eigenvalue weighted by atomic mass is 10.1. The third-order valence-corrected chi connectivity index (χ3v) is 4.74. The number of hydrogen-bond donors (Lipinski definition) is 2. The minimum Gasteiger partial charge on any atom is -0.369 e. The van der Waals surface area contributed by atoms with Gasteiger partial charge in [0, 0.05) is 75.0 Å². The van der Waals surface area contributed by atoms with Crippen LogP contribution in [0.1, 0.15) is 11.3 Å². The fourth-order valence-corrected chi connectivity index (χ4v) is 3.62. The molecule has 1 aromatic heterocycles. The first-order valence-electron chi connectivity index (χ1n) is 7.61. The standard InChI is InChI=1S/C16H22N4/c1-19-15-3-2-12(20-8-6-17-7-9-20)10-13(15)14-11-18-5-4-16(14)19/h2-3,10,17-18H,4-9,11H2,1H3. The Kier molecular flexibility index (Phi) is 2.93. The SMILES string of the molecule is Cn1c2c(c3cc(N4CCNCC4)ccc31)CNCC2. The molecule has 0 amide bonds. The number of nitrogens with zero attached hydrogens (tertiary/aromatic N) is 2. The van der Waals surface area contributed by atoms with Crippen LogP contribution in [-0.4, -0.2) is 37.3 Å². The van der Waals surface area contributed by atoms with Gasteiger partial charge in [-0.1, -0.05) is 0 Å². The van der Waals surface area contributed by atoms with E-state index in [4.69, 9.17) is 0 Å². The zero-order valence-electron chi connectivity index (χ0n) is 12.1. The Morgan fingerprint density at radius 2 is 1.90 bits per heavy atom. The molecular formula is C16H22N4. The van der Waals surface area contributed by atoms with Gasteiger partial charge in [-0.2, -0.15) is 0 Å². The van der Waals surface area contributed by atoms with Gasteiger partial charge in [-0.15, -0.1) is 0 Å². The van der Waals surface area contributed by atoms with Crippen LogP contribution in [-0.2, 0) is 20.0 Å². The average molecular weight is 270 g/mol. The molecule has 2 aliphatic heterocycles. The molecular weight excluding hydrogens is 248 g/mol. The van der Waals surface area contributed by atoms with Crippen LogP contribution in [0.15, 0.2) is 18.2 Å². The Balaban J connectivity index is 1.82. The quantitative estimate of drug-likeness (QED) is 0.817. The Morgan fingerprint density at radius 1 is 1.05 bits per heavy atom. The highest BCUT2D eigenvalue weighted by atomic mass is 15.2. The van der Waals surface area contributed by atoms with Crippen molar-refractivity contribution < 1.29 is 0 Å². The molecule has 0 bridgehead atoms. The minimum absolute atomic E-state index is 1.01. The third kappa shape index (κ3) is 1.83. The summed E-state index contributed by atoms with van der Waals surface area (Å²) >= 11 is 0. The van der Waals surface area contributed by atoms with Crippen molar-refractivity contribution in [2.75, 3.05) is 37.6 Å². The number of fused-ring (bicyclic) bond motifs is 3. The molecule has 3 heterocycles. The minimum atomic E-state index is 1.01. The number of nitrogens with one attached hydrogen (secondary N) is 2. The van der Waals surface area contributed by atoms with E-state index in [1.807, 2.05) is 0 Å². The number of piperazine rings is 1. The maximum atomic E-state index is 3.51. The molecule has 1 saturated heterocycles. The predicted octanol–water partition coefficient (Wildman–Crippen LogP) is 1.23. The van der Waals surface area contributed by atoms with Crippen molar-refractivity contribution in [2.24, 2.45) is 7.05 Å². The number of hydrogen-bond acceptors (Lipinski definition) is 3. The first-order valence-corrected chi connectivity index (χ1v) is 7.61. The van der Waals surface area contributed by atoms with Gasteiger partial charge in [0.25, 0.3) is 0 Å². The fourth-order valence-electron chi connectivity index (χ4n) is 3.62. The van der Waals surface area contributed by atoms with Crippen molar-refractivity contribution in [2.45, 2.75) is 13.0 Å². The smallest absolute Gasteiger partial charge is 0.0484 e. The van der Waals surface area contributed by atoms with Crippen molar-refractivity contribution in [1.29, 1.82) is 0 Å². The third-order valence-electron chi connectivity index (χ3n) is 4.74. The lowest BCUT2D eigenvalue weighted by Crippen LogP contribution is -2.43. The lowest BCUT2D eigenvalue weighted by Gasteiger charge is -2.29. The molecule has 4 nitrogen and oxygen atoms in total. The molecule has 4 rings (SSSR count). The largest absolute Gasteiger partial charge is 0.369 e. The Labute approximate surface area is 119 Å². The van der Waals surface area contributed by atoms with Gasteiger partial charge in [-0.25, -0.2) is 0 Å². The number of anilines is 1. The summed E-state index contributed by atoms with van der Waals surface area (Å²) in [7, 11) is 2.21. The number of rotatable bonds is 1. The fraction of sp³-hybridized carbons (Fsp3) is 0.500. The van der Waals surface area contributed by atoms with Crippen LogP contribution in [0.3, 0.4) is 0 Å². The molecule has 1 fully saturated rings. The highest BCUT2D eigenvalue weighted by Gasteiger charge is 2.19. The second kappa shape index (κ2) is 4.79. The van der Waals surface area contributed by atoms with Crippen molar-refractivity contribution >= 4 is 16.6 Å². The van der Waals surface area contributed by atoms with Gasteiger partial charge in [-0.05, 0) is 23.8 Å². The molecule has 2 aromatic rings. The van der Waals surface area contributed by atoms with E-state index in [-0.39, 0.29) is 0 Å². The topological polar surface area (TPSA) is 32.2 Å². The van der Waals surface area contributed by atoms with E-state index >= 15 is 0 Å². The van der Waals surface area contributed by atoms with Crippen LogP contribution in [0.2, 0.25) is 0 Å². The van der Waals surface area contributed by atoms with Gasteiger partial charge in [0.15, 0.2) is 0 Å². The van der Waals surface area contributed by atoms with Crippen LogP contribution in [0.5, 0.6) is 0 Å². The summed E-state index contributed by atoms with van der Waals surface area (Å²) in [5, 5.41) is 8.36. The van der Waals surface area contributed by atoms with E-state index in [9.17, 15) is 0 Å². The zero-order valence-corrected chi connectivity index (χ0v) is 12.1. The normalized spacial score (nSPS) is 19.4. The molecule has 0 aliphatic carbocycles. The van der Waals surface area contributed by atoms with Crippen molar-refractivity contribution in [3.8, 4) is 0 Å². The first-order chi connectivity index (χ1) is 9.84. The van der Waals surface area contributed by atoms with E-state index in [1.165, 1.54) is 27.8 Å². The molecule has 0 radical (unpaired) electrons. The molecule has 0 unspecified atom stereocenters. The van der Waals surface area contributed by atoms with Gasteiger partial charge in [0.1, 0.15) is 0 Å². The molecule has 20 heavy (non-hydrogen) atoms. The van der Waals surface area contributed by atoms with Gasteiger partial charge in [-0.3, -0.25) is 0 Å².